The van der Waals surface area contributed by atoms with Gasteiger partial charge in [0.25, 0.3) is 0 Å². The van der Waals surface area contributed by atoms with Crippen molar-refractivity contribution in [1.29, 1.82) is 0 Å². The lowest BCUT2D eigenvalue weighted by atomic mass is 10.1. The minimum atomic E-state index is 0.711. The second-order valence-corrected chi connectivity index (χ2v) is 4.04. The van der Waals surface area contributed by atoms with Crippen LogP contribution in [-0.2, 0) is 0 Å². The molecule has 84 valence electrons. The summed E-state index contributed by atoms with van der Waals surface area (Å²) in [5.41, 5.74) is 9.57. The molecule has 0 saturated heterocycles. The summed E-state index contributed by atoms with van der Waals surface area (Å²) < 4.78 is 1.94. The zero-order valence-electron chi connectivity index (χ0n) is 9.46. The van der Waals surface area contributed by atoms with Crippen molar-refractivity contribution in [3.05, 3.63) is 48.2 Å². The van der Waals surface area contributed by atoms with Crippen molar-refractivity contribution in [2.24, 2.45) is 0 Å². The van der Waals surface area contributed by atoms with Gasteiger partial charge in [0.2, 0.25) is 0 Å². The van der Waals surface area contributed by atoms with Gasteiger partial charge in [0.15, 0.2) is 11.5 Å². The van der Waals surface area contributed by atoms with Gasteiger partial charge in [-0.1, -0.05) is 12.1 Å². The van der Waals surface area contributed by atoms with Gasteiger partial charge in [-0.05, 0) is 36.8 Å². The highest BCUT2D eigenvalue weighted by Crippen LogP contribution is 2.24. The molecular formula is C13H12N4. The maximum atomic E-state index is 5.95. The van der Waals surface area contributed by atoms with E-state index in [0.29, 0.717) is 5.69 Å². The monoisotopic (exact) mass is 224 g/mol. The number of anilines is 1. The van der Waals surface area contributed by atoms with Crippen molar-refractivity contribution in [1.82, 2.24) is 14.6 Å². The Balaban J connectivity index is 2.29. The SMILES string of the molecule is Cc1ccn2c(-c3ccccc3N)nnc2c1. The summed E-state index contributed by atoms with van der Waals surface area (Å²) in [5.74, 6) is 0.776. The molecule has 17 heavy (non-hydrogen) atoms. The van der Waals surface area contributed by atoms with E-state index >= 15 is 0 Å². The molecule has 0 atom stereocenters. The molecule has 2 aromatic heterocycles. The maximum Gasteiger partial charge on any atom is 0.170 e. The summed E-state index contributed by atoms with van der Waals surface area (Å²) >= 11 is 0. The summed E-state index contributed by atoms with van der Waals surface area (Å²) in [4.78, 5) is 0. The third-order valence-corrected chi connectivity index (χ3v) is 2.77. The zero-order chi connectivity index (χ0) is 11.8. The number of pyridine rings is 1. The first-order valence-corrected chi connectivity index (χ1v) is 5.42. The molecule has 4 nitrogen and oxygen atoms in total. The Morgan fingerprint density at radius 1 is 1.12 bits per heavy atom. The standard InChI is InChI=1S/C13H12N4/c1-9-6-7-17-12(8-9)15-16-13(17)10-4-2-3-5-11(10)14/h2-8H,14H2,1H3. The number of nitrogen functional groups attached to an aromatic ring is 1. The molecule has 0 radical (unpaired) electrons. The molecule has 0 aliphatic heterocycles. The van der Waals surface area contributed by atoms with E-state index in [-0.39, 0.29) is 0 Å². The van der Waals surface area contributed by atoms with E-state index in [4.69, 9.17) is 5.73 Å². The van der Waals surface area contributed by atoms with E-state index in [9.17, 15) is 0 Å². The second-order valence-electron chi connectivity index (χ2n) is 4.04. The van der Waals surface area contributed by atoms with E-state index in [2.05, 4.69) is 10.2 Å². The van der Waals surface area contributed by atoms with Crippen LogP contribution >= 0.6 is 0 Å². The number of aromatic nitrogens is 3. The Morgan fingerprint density at radius 3 is 2.76 bits per heavy atom. The van der Waals surface area contributed by atoms with Crippen molar-refractivity contribution < 1.29 is 0 Å². The van der Waals surface area contributed by atoms with Gasteiger partial charge in [0.05, 0.1) is 0 Å². The topological polar surface area (TPSA) is 56.2 Å². The normalized spacial score (nSPS) is 10.9. The summed E-state index contributed by atoms with van der Waals surface area (Å²) in [6.07, 6.45) is 1.96. The second kappa shape index (κ2) is 3.59. The molecule has 2 heterocycles. The molecule has 0 bridgehead atoms. The fourth-order valence-corrected chi connectivity index (χ4v) is 1.88. The van der Waals surface area contributed by atoms with Crippen molar-refractivity contribution in [2.45, 2.75) is 6.92 Å². The van der Waals surface area contributed by atoms with Crippen LogP contribution in [-0.4, -0.2) is 14.6 Å². The van der Waals surface area contributed by atoms with Crippen LogP contribution in [0.1, 0.15) is 5.56 Å². The first-order valence-electron chi connectivity index (χ1n) is 5.42. The average molecular weight is 224 g/mol. The predicted octanol–water partition coefficient (Wildman–Crippen LogP) is 2.29. The predicted molar refractivity (Wildman–Crippen MR) is 67.6 cm³/mol. The van der Waals surface area contributed by atoms with E-state index in [1.54, 1.807) is 0 Å². The van der Waals surface area contributed by atoms with Crippen LogP contribution in [0.15, 0.2) is 42.6 Å². The number of rotatable bonds is 1. The molecule has 0 aliphatic carbocycles. The third kappa shape index (κ3) is 1.54. The molecule has 0 saturated carbocycles. The summed E-state index contributed by atoms with van der Waals surface area (Å²) in [6.45, 7) is 2.03. The van der Waals surface area contributed by atoms with E-state index < -0.39 is 0 Å². The number of benzene rings is 1. The molecule has 0 amide bonds. The molecule has 0 spiro atoms. The van der Waals surface area contributed by atoms with Gasteiger partial charge in [-0.3, -0.25) is 4.40 Å². The van der Waals surface area contributed by atoms with Crippen LogP contribution in [0.2, 0.25) is 0 Å². The van der Waals surface area contributed by atoms with Crippen molar-refractivity contribution in [3.63, 3.8) is 0 Å². The van der Waals surface area contributed by atoms with Crippen LogP contribution in [0.5, 0.6) is 0 Å². The van der Waals surface area contributed by atoms with E-state index in [0.717, 1.165) is 22.6 Å². The fraction of sp³-hybridized carbons (Fsp3) is 0.0769. The fourth-order valence-electron chi connectivity index (χ4n) is 1.88. The first kappa shape index (κ1) is 9.84. The van der Waals surface area contributed by atoms with Gasteiger partial charge in [0, 0.05) is 17.4 Å². The van der Waals surface area contributed by atoms with Crippen molar-refractivity contribution in [3.8, 4) is 11.4 Å². The van der Waals surface area contributed by atoms with Gasteiger partial charge >= 0.3 is 0 Å². The van der Waals surface area contributed by atoms with Gasteiger partial charge in [-0.15, -0.1) is 10.2 Å². The molecule has 0 fully saturated rings. The summed E-state index contributed by atoms with van der Waals surface area (Å²) in [7, 11) is 0. The lowest BCUT2D eigenvalue weighted by Gasteiger charge is -2.03. The minimum absolute atomic E-state index is 0.711. The Hall–Kier alpha value is -2.36. The quantitative estimate of drug-likeness (QED) is 0.645. The van der Waals surface area contributed by atoms with Gasteiger partial charge in [-0.25, -0.2) is 0 Å². The highest BCUT2D eigenvalue weighted by Gasteiger charge is 2.09. The molecule has 4 heteroatoms. The van der Waals surface area contributed by atoms with Crippen LogP contribution in [0.4, 0.5) is 5.69 Å². The Bertz CT molecular complexity index is 685. The number of aryl methyl sites for hydroxylation is 1. The Kier molecular flexibility index (Phi) is 2.08. The van der Waals surface area contributed by atoms with Crippen LogP contribution in [0.25, 0.3) is 17.0 Å². The van der Waals surface area contributed by atoms with Crippen LogP contribution < -0.4 is 5.73 Å². The van der Waals surface area contributed by atoms with Crippen molar-refractivity contribution in [2.75, 3.05) is 5.73 Å². The number of nitrogens with zero attached hydrogens (tertiary/aromatic N) is 3. The first-order chi connectivity index (χ1) is 8.25. The molecular weight excluding hydrogens is 212 g/mol. The smallest absolute Gasteiger partial charge is 0.170 e. The van der Waals surface area contributed by atoms with Gasteiger partial charge in [0.1, 0.15) is 0 Å². The summed E-state index contributed by atoms with van der Waals surface area (Å²) in [6, 6.07) is 11.7. The minimum Gasteiger partial charge on any atom is -0.398 e. The highest BCUT2D eigenvalue weighted by molar-refractivity contribution is 5.72. The summed E-state index contributed by atoms with van der Waals surface area (Å²) in [5, 5.41) is 8.35. The number of nitrogens with two attached hydrogens (primary N) is 1. The maximum absolute atomic E-state index is 5.95. The molecule has 3 rings (SSSR count). The number of para-hydroxylation sites is 1. The van der Waals surface area contributed by atoms with E-state index in [1.807, 2.05) is 53.9 Å². The number of hydrogen-bond donors (Lipinski definition) is 1. The highest BCUT2D eigenvalue weighted by atomic mass is 15.2. The van der Waals surface area contributed by atoms with Gasteiger partial charge in [-0.2, -0.15) is 0 Å². The Labute approximate surface area is 98.7 Å². The lowest BCUT2D eigenvalue weighted by molar-refractivity contribution is 1.11. The average Bonchev–Trinajstić information content (AvgIpc) is 2.72. The molecule has 0 aliphatic rings. The van der Waals surface area contributed by atoms with E-state index in [1.165, 1.54) is 0 Å². The van der Waals surface area contributed by atoms with Crippen LogP contribution in [0, 0.1) is 6.92 Å². The largest absolute Gasteiger partial charge is 0.398 e. The van der Waals surface area contributed by atoms with Crippen molar-refractivity contribution >= 4 is 11.3 Å². The third-order valence-electron chi connectivity index (χ3n) is 2.77. The zero-order valence-corrected chi connectivity index (χ0v) is 9.46. The number of hydrogen-bond acceptors (Lipinski definition) is 3. The van der Waals surface area contributed by atoms with Gasteiger partial charge < -0.3 is 5.73 Å². The Morgan fingerprint density at radius 2 is 1.94 bits per heavy atom. The molecule has 2 N–H and O–H groups in total. The van der Waals surface area contributed by atoms with Crippen LogP contribution in [0.3, 0.4) is 0 Å². The molecule has 0 unspecified atom stereocenters. The molecule has 1 aromatic carbocycles. The molecule has 3 aromatic rings. The number of fused-ring (bicyclic) bond motifs is 1. The lowest BCUT2D eigenvalue weighted by Crippen LogP contribution is -1.94.